The van der Waals surface area contributed by atoms with E-state index in [0.717, 1.165) is 6.54 Å². The first kappa shape index (κ1) is 19.4. The molecule has 5 heteroatoms. The van der Waals surface area contributed by atoms with Gasteiger partial charge in [-0.25, -0.2) is 0 Å². The Bertz CT molecular complexity index is 261. The molecule has 0 heterocycles. The van der Waals surface area contributed by atoms with Gasteiger partial charge in [-0.2, -0.15) is 0 Å². The van der Waals surface area contributed by atoms with Crippen molar-refractivity contribution in [3.05, 3.63) is 0 Å². The van der Waals surface area contributed by atoms with Gasteiger partial charge in [0.05, 0.1) is 26.2 Å². The third-order valence-electron chi connectivity index (χ3n) is 2.48. The molecule has 0 aliphatic carbocycles. The summed E-state index contributed by atoms with van der Waals surface area (Å²) in [6, 6.07) is 0.384. The van der Waals surface area contributed by atoms with E-state index in [0.29, 0.717) is 32.3 Å². The van der Waals surface area contributed by atoms with Crippen molar-refractivity contribution in [3.8, 4) is 0 Å². The van der Waals surface area contributed by atoms with E-state index in [-0.39, 0.29) is 11.9 Å². The molecule has 0 spiro atoms. The van der Waals surface area contributed by atoms with Crippen molar-refractivity contribution < 1.29 is 19.0 Å². The Morgan fingerprint density at radius 1 is 1.20 bits per heavy atom. The minimum Gasteiger partial charge on any atom is -0.460 e. The molecule has 0 aromatic heterocycles. The SMILES string of the molecule is COCCOC[C@@H](CNC(C)C)CC(=O)OC(C)(C)C. The van der Waals surface area contributed by atoms with E-state index in [1.165, 1.54) is 0 Å². The highest BCUT2D eigenvalue weighted by Gasteiger charge is 2.20. The van der Waals surface area contributed by atoms with Crippen molar-refractivity contribution in [2.24, 2.45) is 5.92 Å². The third-order valence-corrected chi connectivity index (χ3v) is 2.48. The van der Waals surface area contributed by atoms with Crippen LogP contribution in [0.4, 0.5) is 0 Å². The van der Waals surface area contributed by atoms with E-state index in [2.05, 4.69) is 19.2 Å². The minimum absolute atomic E-state index is 0.115. The van der Waals surface area contributed by atoms with Gasteiger partial charge in [0.15, 0.2) is 0 Å². The van der Waals surface area contributed by atoms with Crippen LogP contribution in [0.3, 0.4) is 0 Å². The van der Waals surface area contributed by atoms with Crippen molar-refractivity contribution in [2.45, 2.75) is 52.7 Å². The second-order valence-electron chi connectivity index (χ2n) is 6.29. The Hall–Kier alpha value is -0.650. The van der Waals surface area contributed by atoms with Gasteiger partial charge in [-0.1, -0.05) is 13.8 Å². The fourth-order valence-electron chi connectivity index (χ4n) is 1.60. The number of carbonyl (C=O) groups excluding carboxylic acids is 1. The van der Waals surface area contributed by atoms with E-state index in [1.54, 1.807) is 7.11 Å². The van der Waals surface area contributed by atoms with Gasteiger partial charge in [0.2, 0.25) is 0 Å². The predicted octanol–water partition coefficient (Wildman–Crippen LogP) is 2.00. The van der Waals surface area contributed by atoms with Crippen LogP contribution in [0.15, 0.2) is 0 Å². The molecule has 0 amide bonds. The number of nitrogens with one attached hydrogen (secondary N) is 1. The Morgan fingerprint density at radius 2 is 1.85 bits per heavy atom. The van der Waals surface area contributed by atoms with Gasteiger partial charge >= 0.3 is 5.97 Å². The number of carbonyl (C=O) groups is 1. The van der Waals surface area contributed by atoms with Gasteiger partial charge < -0.3 is 19.5 Å². The van der Waals surface area contributed by atoms with E-state index in [4.69, 9.17) is 14.2 Å². The van der Waals surface area contributed by atoms with Crippen LogP contribution >= 0.6 is 0 Å². The Kier molecular flexibility index (Phi) is 9.80. The summed E-state index contributed by atoms with van der Waals surface area (Å²) in [6.45, 7) is 12.2. The fourth-order valence-corrected chi connectivity index (χ4v) is 1.60. The number of methoxy groups -OCH3 is 1. The second kappa shape index (κ2) is 10.1. The van der Waals surface area contributed by atoms with Gasteiger partial charge in [-0.3, -0.25) is 4.79 Å². The Morgan fingerprint density at radius 3 is 2.35 bits per heavy atom. The van der Waals surface area contributed by atoms with Crippen LogP contribution in [0, 0.1) is 5.92 Å². The molecular weight excluding hydrogens is 258 g/mol. The van der Waals surface area contributed by atoms with E-state index in [1.807, 2.05) is 20.8 Å². The van der Waals surface area contributed by atoms with Crippen LogP contribution in [-0.4, -0.2) is 51.1 Å². The average Bonchev–Trinajstić information content (AvgIpc) is 2.28. The molecule has 5 nitrogen and oxygen atoms in total. The molecule has 0 aromatic carbocycles. The van der Waals surface area contributed by atoms with Crippen LogP contribution < -0.4 is 5.32 Å². The Balaban J connectivity index is 4.18. The first-order chi connectivity index (χ1) is 9.24. The maximum absolute atomic E-state index is 11.9. The van der Waals surface area contributed by atoms with Crippen molar-refractivity contribution in [1.82, 2.24) is 5.32 Å². The minimum atomic E-state index is -0.440. The van der Waals surface area contributed by atoms with Gasteiger partial charge in [0, 0.05) is 25.6 Å². The summed E-state index contributed by atoms with van der Waals surface area (Å²) in [7, 11) is 1.64. The number of ether oxygens (including phenoxy) is 3. The smallest absolute Gasteiger partial charge is 0.306 e. The number of hydrogen-bond acceptors (Lipinski definition) is 5. The van der Waals surface area contributed by atoms with Crippen LogP contribution in [0.2, 0.25) is 0 Å². The lowest BCUT2D eigenvalue weighted by atomic mass is 10.1. The lowest BCUT2D eigenvalue weighted by Crippen LogP contribution is -2.34. The topological polar surface area (TPSA) is 56.8 Å². The second-order valence-corrected chi connectivity index (χ2v) is 6.29. The first-order valence-electron chi connectivity index (χ1n) is 7.26. The maximum atomic E-state index is 11.9. The highest BCUT2D eigenvalue weighted by molar-refractivity contribution is 5.70. The number of esters is 1. The van der Waals surface area contributed by atoms with Crippen LogP contribution in [-0.2, 0) is 19.0 Å². The number of hydrogen-bond donors (Lipinski definition) is 1. The molecule has 0 radical (unpaired) electrons. The molecule has 0 saturated heterocycles. The quantitative estimate of drug-likeness (QED) is 0.492. The van der Waals surface area contributed by atoms with Gasteiger partial charge in [0.25, 0.3) is 0 Å². The van der Waals surface area contributed by atoms with E-state index >= 15 is 0 Å². The molecule has 0 aliphatic heterocycles. The molecule has 0 saturated carbocycles. The highest BCUT2D eigenvalue weighted by atomic mass is 16.6. The van der Waals surface area contributed by atoms with Crippen molar-refractivity contribution in [3.63, 3.8) is 0 Å². The van der Waals surface area contributed by atoms with Crippen molar-refractivity contribution in [2.75, 3.05) is 33.5 Å². The lowest BCUT2D eigenvalue weighted by Gasteiger charge is -2.23. The summed E-state index contributed by atoms with van der Waals surface area (Å²) in [4.78, 5) is 11.9. The predicted molar refractivity (Wildman–Crippen MR) is 79.8 cm³/mol. The van der Waals surface area contributed by atoms with E-state index < -0.39 is 5.60 Å². The maximum Gasteiger partial charge on any atom is 0.306 e. The van der Waals surface area contributed by atoms with Crippen molar-refractivity contribution in [1.29, 1.82) is 0 Å². The van der Waals surface area contributed by atoms with Gasteiger partial charge in [-0.15, -0.1) is 0 Å². The van der Waals surface area contributed by atoms with Crippen LogP contribution in [0.5, 0.6) is 0 Å². The number of rotatable bonds is 10. The molecule has 0 fully saturated rings. The molecule has 0 aliphatic rings. The van der Waals surface area contributed by atoms with Crippen LogP contribution in [0.1, 0.15) is 41.0 Å². The standard InChI is InChI=1S/C15H31NO4/c1-12(2)16-10-13(11-19-8-7-18-6)9-14(17)20-15(3,4)5/h12-13,16H,7-11H2,1-6H3/t13-/m1/s1. The average molecular weight is 289 g/mol. The summed E-state index contributed by atoms with van der Waals surface area (Å²) < 4.78 is 15.8. The monoisotopic (exact) mass is 289 g/mol. The first-order valence-corrected chi connectivity index (χ1v) is 7.26. The molecule has 120 valence electrons. The third kappa shape index (κ3) is 12.4. The molecular formula is C15H31NO4. The van der Waals surface area contributed by atoms with Crippen molar-refractivity contribution >= 4 is 5.97 Å². The van der Waals surface area contributed by atoms with Gasteiger partial charge in [-0.05, 0) is 20.8 Å². The highest BCUT2D eigenvalue weighted by Crippen LogP contribution is 2.12. The largest absolute Gasteiger partial charge is 0.460 e. The summed E-state index contributed by atoms with van der Waals surface area (Å²) in [6.07, 6.45) is 0.365. The lowest BCUT2D eigenvalue weighted by molar-refractivity contribution is -0.156. The normalized spacial score (nSPS) is 13.6. The molecule has 1 atom stereocenters. The zero-order valence-electron chi connectivity index (χ0n) is 13.8. The summed E-state index contributed by atoms with van der Waals surface area (Å²) in [5.74, 6) is -0.0625. The van der Waals surface area contributed by atoms with Crippen LogP contribution in [0.25, 0.3) is 0 Å². The molecule has 20 heavy (non-hydrogen) atoms. The zero-order chi connectivity index (χ0) is 15.6. The summed E-state index contributed by atoms with van der Waals surface area (Å²) in [5, 5.41) is 3.34. The molecule has 0 unspecified atom stereocenters. The molecule has 0 aromatic rings. The molecule has 0 rings (SSSR count). The Labute approximate surface area is 123 Å². The fraction of sp³-hybridized carbons (Fsp3) is 0.933. The zero-order valence-corrected chi connectivity index (χ0v) is 13.8. The summed E-state index contributed by atoms with van der Waals surface area (Å²) >= 11 is 0. The molecule has 0 bridgehead atoms. The van der Waals surface area contributed by atoms with Gasteiger partial charge in [0.1, 0.15) is 5.60 Å². The summed E-state index contributed by atoms with van der Waals surface area (Å²) in [5.41, 5.74) is -0.440. The molecule has 1 N–H and O–H groups in total. The van der Waals surface area contributed by atoms with E-state index in [9.17, 15) is 4.79 Å².